The Labute approximate surface area is 55.3 Å². The highest BCUT2D eigenvalue weighted by Crippen LogP contribution is 1.30. The predicted molar refractivity (Wildman–Crippen MR) is 35.8 cm³/mol. The van der Waals surface area contributed by atoms with Gasteiger partial charge in [-0.15, -0.1) is 0 Å². The molecule has 4 N–H and O–H groups in total. The maximum absolute atomic E-state index is 8.58. The average Bonchev–Trinajstić information content (AvgIpc) is 1.70. The molecule has 0 rings (SSSR count). The normalized spacial score (nSPS) is 5.33. The van der Waals surface area contributed by atoms with Crippen molar-refractivity contribution in [3.05, 3.63) is 0 Å². The highest BCUT2D eigenvalue weighted by molar-refractivity contribution is 5.42. The molecule has 0 radical (unpaired) electrons. The fraction of sp³-hybridized carbons (Fsp3) is 0.800. The SMILES string of the molecule is CCO.CCO.NC=O. The van der Waals surface area contributed by atoms with Crippen LogP contribution in [0.15, 0.2) is 0 Å². The van der Waals surface area contributed by atoms with E-state index in [1.165, 1.54) is 0 Å². The zero-order valence-corrected chi connectivity index (χ0v) is 5.87. The van der Waals surface area contributed by atoms with Gasteiger partial charge in [0.15, 0.2) is 0 Å². The first-order valence-corrected chi connectivity index (χ1v) is 2.62. The van der Waals surface area contributed by atoms with Gasteiger partial charge in [-0.1, -0.05) is 0 Å². The Bertz CT molecular complexity index is 31.4. The van der Waals surface area contributed by atoms with E-state index >= 15 is 0 Å². The maximum atomic E-state index is 8.58. The third kappa shape index (κ3) is 577. The molecule has 0 fully saturated rings. The summed E-state index contributed by atoms with van der Waals surface area (Å²) in [6.45, 7) is 3.86. The molecule has 0 heterocycles. The number of primary amides is 1. The number of hydrogen-bond acceptors (Lipinski definition) is 3. The summed E-state index contributed by atoms with van der Waals surface area (Å²) >= 11 is 0. The molecule has 0 bridgehead atoms. The van der Waals surface area contributed by atoms with Gasteiger partial charge in [0.25, 0.3) is 0 Å². The van der Waals surface area contributed by atoms with Crippen molar-refractivity contribution in [2.24, 2.45) is 5.73 Å². The van der Waals surface area contributed by atoms with E-state index in [0.29, 0.717) is 0 Å². The lowest BCUT2D eigenvalue weighted by Crippen LogP contribution is -1.82. The molecular formula is C5H15NO3. The van der Waals surface area contributed by atoms with E-state index in [4.69, 9.17) is 15.0 Å². The van der Waals surface area contributed by atoms with Gasteiger partial charge < -0.3 is 15.9 Å². The third-order valence-electron chi connectivity index (χ3n) is 0. The standard InChI is InChI=1S/2C2H6O.CH3NO/c2*1-2-3;2-1-3/h2*3H,2H2,1H3;1H,(H2,2,3). The minimum atomic E-state index is 0.250. The summed E-state index contributed by atoms with van der Waals surface area (Å²) in [7, 11) is 0. The van der Waals surface area contributed by atoms with Crippen molar-refractivity contribution in [1.82, 2.24) is 0 Å². The summed E-state index contributed by atoms with van der Waals surface area (Å²) in [4.78, 5) is 8.58. The van der Waals surface area contributed by atoms with Gasteiger partial charge in [-0.05, 0) is 13.8 Å². The second-order valence-electron chi connectivity index (χ2n) is 0.769. The molecular weight excluding hydrogens is 122 g/mol. The molecule has 0 saturated heterocycles. The quantitative estimate of drug-likeness (QED) is 0.378. The van der Waals surface area contributed by atoms with Crippen LogP contribution in [0.5, 0.6) is 0 Å². The van der Waals surface area contributed by atoms with Gasteiger partial charge in [-0.3, -0.25) is 4.79 Å². The highest BCUT2D eigenvalue weighted by atomic mass is 16.3. The topological polar surface area (TPSA) is 83.6 Å². The third-order valence-corrected chi connectivity index (χ3v) is 0. The van der Waals surface area contributed by atoms with Gasteiger partial charge in [-0.2, -0.15) is 0 Å². The molecule has 0 aliphatic heterocycles. The molecule has 0 atom stereocenters. The van der Waals surface area contributed by atoms with Crippen LogP contribution in [0.3, 0.4) is 0 Å². The Kier molecular flexibility index (Phi) is 92.6. The van der Waals surface area contributed by atoms with Crippen LogP contribution >= 0.6 is 0 Å². The smallest absolute Gasteiger partial charge is 0.204 e. The van der Waals surface area contributed by atoms with Crippen LogP contribution in [-0.4, -0.2) is 29.8 Å². The van der Waals surface area contributed by atoms with Crippen LogP contribution in [0.1, 0.15) is 13.8 Å². The molecule has 0 aliphatic carbocycles. The number of nitrogens with two attached hydrogens (primary N) is 1. The summed E-state index contributed by atoms with van der Waals surface area (Å²) in [5, 5.41) is 15.1. The van der Waals surface area contributed by atoms with Crippen LogP contribution < -0.4 is 5.73 Å². The van der Waals surface area contributed by atoms with Crippen molar-refractivity contribution in [3.63, 3.8) is 0 Å². The summed E-state index contributed by atoms with van der Waals surface area (Å²) in [5.41, 5.74) is 4.17. The molecule has 0 aromatic heterocycles. The minimum Gasteiger partial charge on any atom is -0.397 e. The molecule has 58 valence electrons. The van der Waals surface area contributed by atoms with Crippen molar-refractivity contribution in [2.75, 3.05) is 13.2 Å². The Morgan fingerprint density at radius 3 is 1.33 bits per heavy atom. The number of aliphatic hydroxyl groups is 2. The molecule has 0 spiro atoms. The van der Waals surface area contributed by atoms with Crippen LogP contribution in [0.25, 0.3) is 0 Å². The molecule has 4 heteroatoms. The van der Waals surface area contributed by atoms with Crippen molar-refractivity contribution in [3.8, 4) is 0 Å². The first-order valence-electron chi connectivity index (χ1n) is 2.62. The molecule has 0 aromatic rings. The van der Waals surface area contributed by atoms with E-state index in [1.54, 1.807) is 13.8 Å². The fourth-order valence-corrected chi connectivity index (χ4v) is 0. The van der Waals surface area contributed by atoms with Gasteiger partial charge in [0.2, 0.25) is 6.41 Å². The summed E-state index contributed by atoms with van der Waals surface area (Å²) in [6, 6.07) is 0. The van der Waals surface area contributed by atoms with Crippen LogP contribution in [-0.2, 0) is 4.79 Å². The summed E-state index contributed by atoms with van der Waals surface area (Å²) < 4.78 is 0. The highest BCUT2D eigenvalue weighted by Gasteiger charge is 1.34. The predicted octanol–water partition coefficient (Wildman–Crippen LogP) is -0.901. The van der Waals surface area contributed by atoms with Crippen molar-refractivity contribution in [1.29, 1.82) is 0 Å². The van der Waals surface area contributed by atoms with Gasteiger partial charge in [0.1, 0.15) is 0 Å². The molecule has 0 saturated carbocycles. The number of carbonyl (C=O) groups is 1. The molecule has 0 unspecified atom stereocenters. The van der Waals surface area contributed by atoms with E-state index in [9.17, 15) is 0 Å². The zero-order valence-electron chi connectivity index (χ0n) is 5.87. The number of rotatable bonds is 0. The summed E-state index contributed by atoms with van der Waals surface area (Å²) in [6.07, 6.45) is 0.250. The Balaban J connectivity index is -0.0000000600. The van der Waals surface area contributed by atoms with E-state index < -0.39 is 0 Å². The van der Waals surface area contributed by atoms with Gasteiger partial charge >= 0.3 is 0 Å². The minimum absolute atomic E-state index is 0.250. The zero-order chi connectivity index (χ0) is 8.12. The number of hydrogen-bond donors (Lipinski definition) is 3. The number of aliphatic hydroxyl groups excluding tert-OH is 2. The largest absolute Gasteiger partial charge is 0.397 e. The number of carbonyl (C=O) groups excluding carboxylic acids is 1. The second kappa shape index (κ2) is 52.8. The van der Waals surface area contributed by atoms with E-state index in [2.05, 4.69) is 5.73 Å². The summed E-state index contributed by atoms with van der Waals surface area (Å²) in [5.74, 6) is 0. The Morgan fingerprint density at radius 2 is 1.33 bits per heavy atom. The molecule has 4 nitrogen and oxygen atoms in total. The van der Waals surface area contributed by atoms with Gasteiger partial charge in [0, 0.05) is 13.2 Å². The molecule has 1 amide bonds. The average molecular weight is 137 g/mol. The van der Waals surface area contributed by atoms with Crippen molar-refractivity contribution in [2.45, 2.75) is 13.8 Å². The lowest BCUT2D eigenvalue weighted by atomic mass is 10.9. The van der Waals surface area contributed by atoms with Crippen molar-refractivity contribution < 1.29 is 15.0 Å². The first-order chi connectivity index (χ1) is 4.24. The fourth-order valence-electron chi connectivity index (χ4n) is 0. The Hall–Kier alpha value is -0.610. The lowest BCUT2D eigenvalue weighted by molar-refractivity contribution is -0.106. The van der Waals surface area contributed by atoms with Crippen LogP contribution in [0.4, 0.5) is 0 Å². The van der Waals surface area contributed by atoms with E-state index in [0.717, 1.165) is 0 Å². The first kappa shape index (κ1) is 15.8. The molecule has 9 heavy (non-hydrogen) atoms. The van der Waals surface area contributed by atoms with Crippen molar-refractivity contribution >= 4 is 6.41 Å². The van der Waals surface area contributed by atoms with Gasteiger partial charge in [-0.25, -0.2) is 0 Å². The number of amides is 1. The maximum Gasteiger partial charge on any atom is 0.204 e. The van der Waals surface area contributed by atoms with E-state index in [-0.39, 0.29) is 19.6 Å². The monoisotopic (exact) mass is 137 g/mol. The van der Waals surface area contributed by atoms with E-state index in [1.807, 2.05) is 0 Å². The van der Waals surface area contributed by atoms with Crippen LogP contribution in [0, 0.1) is 0 Å². The van der Waals surface area contributed by atoms with Gasteiger partial charge in [0.05, 0.1) is 0 Å². The van der Waals surface area contributed by atoms with Crippen LogP contribution in [0.2, 0.25) is 0 Å². The molecule has 0 aromatic carbocycles. The Morgan fingerprint density at radius 1 is 1.33 bits per heavy atom. The molecule has 0 aliphatic rings. The lowest BCUT2D eigenvalue weighted by Gasteiger charge is -1.52. The second-order valence-corrected chi connectivity index (χ2v) is 0.769.